The number of rotatable bonds is 4. The molecule has 1 fully saturated rings. The molecule has 2 N–H and O–H groups in total. The molecule has 2 heterocycles. The summed E-state index contributed by atoms with van der Waals surface area (Å²) < 4.78 is 5.28. The quantitative estimate of drug-likeness (QED) is 0.497. The smallest absolute Gasteiger partial charge is 0.321 e. The predicted molar refractivity (Wildman–Crippen MR) is 71.5 cm³/mol. The first-order valence-electron chi connectivity index (χ1n) is 5.86. The van der Waals surface area contributed by atoms with E-state index >= 15 is 0 Å². The summed E-state index contributed by atoms with van der Waals surface area (Å²) in [5.41, 5.74) is -0.159. The van der Waals surface area contributed by atoms with Crippen molar-refractivity contribution in [1.82, 2.24) is 10.3 Å². The number of hydrogen-bond donors (Lipinski definition) is 2. The van der Waals surface area contributed by atoms with E-state index < -0.39 is 4.92 Å². The van der Waals surface area contributed by atoms with Gasteiger partial charge in [0.1, 0.15) is 0 Å². The molecule has 0 saturated carbocycles. The average molecular weight is 332 g/mol. The largest absolute Gasteiger partial charge is 0.381 e. The number of nitrogens with zero attached hydrogens (tertiary/aromatic N) is 1. The first-order chi connectivity index (χ1) is 9.06. The molecule has 1 aromatic rings. The molecule has 104 valence electrons. The maximum absolute atomic E-state index is 12.1. The first-order valence-corrected chi connectivity index (χ1v) is 6.98. The molecule has 1 aliphatic rings. The number of nitro groups is 1. The maximum atomic E-state index is 12.1. The Morgan fingerprint density at radius 2 is 2.21 bits per heavy atom. The minimum Gasteiger partial charge on any atom is -0.381 e. The maximum Gasteiger partial charge on any atom is 0.321 e. The highest BCUT2D eigenvalue weighted by molar-refractivity contribution is 9.09. The van der Waals surface area contributed by atoms with Gasteiger partial charge in [-0.25, -0.2) is 4.98 Å². The van der Waals surface area contributed by atoms with Crippen molar-refractivity contribution in [3.63, 3.8) is 0 Å². The summed E-state index contributed by atoms with van der Waals surface area (Å²) in [6, 6.07) is 2.69. The van der Waals surface area contributed by atoms with Crippen LogP contribution in [0.1, 0.15) is 23.3 Å². The molecule has 1 amide bonds. The molecule has 0 aliphatic carbocycles. The second kappa shape index (κ2) is 5.70. The number of carbonyl (C=O) groups is 1. The van der Waals surface area contributed by atoms with Crippen LogP contribution in [0.5, 0.6) is 0 Å². The molecule has 1 aromatic heterocycles. The van der Waals surface area contributed by atoms with Crippen molar-refractivity contribution >= 4 is 27.7 Å². The van der Waals surface area contributed by atoms with Crippen LogP contribution in [0.25, 0.3) is 0 Å². The van der Waals surface area contributed by atoms with Crippen molar-refractivity contribution < 1.29 is 14.5 Å². The topological polar surface area (TPSA) is 97.3 Å². The fourth-order valence-corrected chi connectivity index (χ4v) is 2.69. The normalized spacial score (nSPS) is 17.9. The molecule has 7 nitrogen and oxygen atoms in total. The highest BCUT2D eigenvalue weighted by atomic mass is 79.9. The van der Waals surface area contributed by atoms with E-state index in [1.165, 1.54) is 12.1 Å². The number of halogens is 1. The molecule has 1 saturated heterocycles. The summed E-state index contributed by atoms with van der Waals surface area (Å²) in [5, 5.41) is 14.1. The second-order valence-electron chi connectivity index (χ2n) is 4.49. The predicted octanol–water partition coefficient (Wildman–Crippen LogP) is 1.60. The van der Waals surface area contributed by atoms with Crippen molar-refractivity contribution in [2.45, 2.75) is 18.4 Å². The van der Waals surface area contributed by atoms with Crippen molar-refractivity contribution in [3.8, 4) is 0 Å². The molecule has 0 bridgehead atoms. The van der Waals surface area contributed by atoms with E-state index in [1.54, 1.807) is 0 Å². The molecule has 0 atom stereocenters. The highest BCUT2D eigenvalue weighted by Gasteiger charge is 2.34. The zero-order chi connectivity index (χ0) is 13.9. The Labute approximate surface area is 118 Å². The molecule has 8 heteroatoms. The molecule has 0 aromatic carbocycles. The van der Waals surface area contributed by atoms with Crippen LogP contribution in [0.15, 0.2) is 12.1 Å². The summed E-state index contributed by atoms with van der Waals surface area (Å²) >= 11 is 3.41. The second-order valence-corrected chi connectivity index (χ2v) is 5.06. The van der Waals surface area contributed by atoms with Gasteiger partial charge < -0.3 is 20.2 Å². The molecule has 0 radical (unpaired) electrons. The third-order valence-electron chi connectivity index (χ3n) is 3.20. The zero-order valence-electron chi connectivity index (χ0n) is 10.1. The highest BCUT2D eigenvalue weighted by Crippen LogP contribution is 2.23. The standard InChI is InChI=1S/C11H14BrN3O4/c12-7-11(3-5-19-6-4-11)14-10(16)8-1-2-9(13-8)15(17)18/h1-2,13H,3-7H2,(H,14,16). The van der Waals surface area contributed by atoms with Gasteiger partial charge in [-0.1, -0.05) is 15.9 Å². The lowest BCUT2D eigenvalue weighted by Crippen LogP contribution is -2.53. The average Bonchev–Trinajstić information content (AvgIpc) is 2.89. The van der Waals surface area contributed by atoms with Gasteiger partial charge in [-0.3, -0.25) is 4.79 Å². The van der Waals surface area contributed by atoms with Gasteiger partial charge in [0.05, 0.1) is 5.54 Å². The Balaban J connectivity index is 2.08. The molecule has 0 unspecified atom stereocenters. The van der Waals surface area contributed by atoms with Gasteiger partial charge in [-0.2, -0.15) is 0 Å². The van der Waals surface area contributed by atoms with Gasteiger partial charge >= 0.3 is 5.82 Å². The number of nitrogens with one attached hydrogen (secondary N) is 2. The van der Waals surface area contributed by atoms with E-state index in [2.05, 4.69) is 26.2 Å². The van der Waals surface area contributed by atoms with Crippen molar-refractivity contribution in [2.75, 3.05) is 18.5 Å². The summed E-state index contributed by atoms with van der Waals surface area (Å²) in [6.07, 6.45) is 1.43. The van der Waals surface area contributed by atoms with Gasteiger partial charge in [0.2, 0.25) is 0 Å². The zero-order valence-corrected chi connectivity index (χ0v) is 11.7. The van der Waals surface area contributed by atoms with Crippen LogP contribution < -0.4 is 5.32 Å². The number of aromatic amines is 1. The van der Waals surface area contributed by atoms with Gasteiger partial charge in [-0.05, 0) is 23.8 Å². The lowest BCUT2D eigenvalue weighted by molar-refractivity contribution is -0.389. The molecular weight excluding hydrogens is 318 g/mol. The van der Waals surface area contributed by atoms with Crippen LogP contribution in [0.4, 0.5) is 5.82 Å². The third-order valence-corrected chi connectivity index (χ3v) is 4.27. The minimum absolute atomic E-state index is 0.190. The molecule has 0 spiro atoms. The van der Waals surface area contributed by atoms with E-state index in [9.17, 15) is 14.9 Å². The number of amides is 1. The van der Waals surface area contributed by atoms with Gasteiger partial charge in [-0.15, -0.1) is 0 Å². The summed E-state index contributed by atoms with van der Waals surface area (Å²) in [5.74, 6) is -0.528. The number of hydrogen-bond acceptors (Lipinski definition) is 4. The summed E-state index contributed by atoms with van der Waals surface area (Å²) in [6.45, 7) is 1.19. The third kappa shape index (κ3) is 3.13. The number of alkyl halides is 1. The van der Waals surface area contributed by atoms with Crippen molar-refractivity contribution in [2.24, 2.45) is 0 Å². The Morgan fingerprint density at radius 3 is 2.74 bits per heavy atom. The lowest BCUT2D eigenvalue weighted by atomic mass is 9.92. The molecule has 19 heavy (non-hydrogen) atoms. The van der Waals surface area contributed by atoms with E-state index in [-0.39, 0.29) is 23.0 Å². The Kier molecular flexibility index (Phi) is 4.20. The number of aromatic nitrogens is 1. The van der Waals surface area contributed by atoms with E-state index in [1.807, 2.05) is 0 Å². The van der Waals surface area contributed by atoms with E-state index in [4.69, 9.17) is 4.74 Å². The fourth-order valence-electron chi connectivity index (χ4n) is 1.98. The van der Waals surface area contributed by atoms with Crippen molar-refractivity contribution in [3.05, 3.63) is 27.9 Å². The van der Waals surface area contributed by atoms with Crippen LogP contribution in [-0.4, -0.2) is 39.9 Å². The molecular formula is C11H14BrN3O4. The minimum atomic E-state index is -0.564. The van der Waals surface area contributed by atoms with Crippen molar-refractivity contribution in [1.29, 1.82) is 0 Å². The molecule has 2 rings (SSSR count). The molecule has 1 aliphatic heterocycles. The Morgan fingerprint density at radius 1 is 1.53 bits per heavy atom. The van der Waals surface area contributed by atoms with Crippen LogP contribution in [0.3, 0.4) is 0 Å². The number of ether oxygens (including phenoxy) is 1. The van der Waals surface area contributed by atoms with E-state index in [0.717, 1.165) is 0 Å². The van der Waals surface area contributed by atoms with Gasteiger partial charge in [0, 0.05) is 24.6 Å². The van der Waals surface area contributed by atoms with Crippen LogP contribution in [0, 0.1) is 10.1 Å². The Hall–Kier alpha value is -1.41. The fraction of sp³-hybridized carbons (Fsp3) is 0.545. The van der Waals surface area contributed by atoms with Crippen LogP contribution >= 0.6 is 15.9 Å². The number of H-pyrrole nitrogens is 1. The number of carbonyl (C=O) groups excluding carboxylic acids is 1. The van der Waals surface area contributed by atoms with Crippen LogP contribution in [-0.2, 0) is 4.74 Å². The SMILES string of the molecule is O=C(NC1(CBr)CCOCC1)c1ccc([N+](=O)[O-])[nH]1. The lowest BCUT2D eigenvalue weighted by Gasteiger charge is -2.36. The monoisotopic (exact) mass is 331 g/mol. The summed E-state index contributed by atoms with van der Waals surface area (Å²) in [7, 11) is 0. The first kappa shape index (κ1) is 14.0. The summed E-state index contributed by atoms with van der Waals surface area (Å²) in [4.78, 5) is 24.6. The van der Waals surface area contributed by atoms with Gasteiger partial charge in [0.15, 0.2) is 5.69 Å². The Bertz CT molecular complexity index is 482. The van der Waals surface area contributed by atoms with Crippen LogP contribution in [0.2, 0.25) is 0 Å². The van der Waals surface area contributed by atoms with E-state index in [0.29, 0.717) is 31.4 Å². The van der Waals surface area contributed by atoms with Gasteiger partial charge in [0.25, 0.3) is 5.91 Å².